The van der Waals surface area contributed by atoms with Crippen molar-refractivity contribution in [1.29, 1.82) is 0 Å². The third kappa shape index (κ3) is 4.19. The average molecular weight is 286 g/mol. The number of carboxylic acids is 1. The maximum atomic E-state index is 10.6. The number of carbonyl (C=O) groups is 1. The maximum Gasteiger partial charge on any atom is 0.313 e. The van der Waals surface area contributed by atoms with Gasteiger partial charge in [-0.05, 0) is 6.54 Å². The first-order chi connectivity index (χ1) is 9.19. The SMILES string of the molecule is CCN1CCOC(Cn2cnnc2SCC(=O)O)C1. The van der Waals surface area contributed by atoms with Crippen molar-refractivity contribution in [2.75, 3.05) is 32.0 Å². The van der Waals surface area contributed by atoms with E-state index in [1.807, 2.05) is 4.57 Å². The molecule has 1 aromatic rings. The van der Waals surface area contributed by atoms with Gasteiger partial charge in [0.05, 0.1) is 25.0 Å². The van der Waals surface area contributed by atoms with E-state index in [2.05, 4.69) is 22.0 Å². The first-order valence-corrected chi connectivity index (χ1v) is 7.24. The largest absolute Gasteiger partial charge is 0.481 e. The van der Waals surface area contributed by atoms with Crippen LogP contribution in [-0.2, 0) is 16.1 Å². The van der Waals surface area contributed by atoms with Gasteiger partial charge in [0.15, 0.2) is 5.16 Å². The summed E-state index contributed by atoms with van der Waals surface area (Å²) in [6, 6.07) is 0. The summed E-state index contributed by atoms with van der Waals surface area (Å²) in [5, 5.41) is 17.1. The number of likely N-dealkylation sites (N-methyl/N-ethyl adjacent to an activating group) is 1. The van der Waals surface area contributed by atoms with Crippen LogP contribution in [0.1, 0.15) is 6.92 Å². The zero-order valence-electron chi connectivity index (χ0n) is 10.9. The summed E-state index contributed by atoms with van der Waals surface area (Å²) >= 11 is 1.18. The lowest BCUT2D eigenvalue weighted by Gasteiger charge is -2.32. The highest BCUT2D eigenvalue weighted by atomic mass is 32.2. The zero-order valence-corrected chi connectivity index (χ0v) is 11.7. The van der Waals surface area contributed by atoms with Gasteiger partial charge in [-0.25, -0.2) is 0 Å². The summed E-state index contributed by atoms with van der Waals surface area (Å²) in [6.45, 7) is 6.40. The highest BCUT2D eigenvalue weighted by molar-refractivity contribution is 7.99. The predicted molar refractivity (Wildman–Crippen MR) is 70.2 cm³/mol. The minimum Gasteiger partial charge on any atom is -0.481 e. The van der Waals surface area contributed by atoms with Crippen LogP contribution in [-0.4, -0.2) is 68.8 Å². The molecule has 7 nitrogen and oxygen atoms in total. The molecule has 106 valence electrons. The standard InChI is InChI=1S/C11H18N4O3S/c1-2-14-3-4-18-9(5-14)6-15-8-12-13-11(15)19-7-10(16)17/h8-9H,2-7H2,1H3,(H,16,17). The molecular formula is C11H18N4O3S. The first kappa shape index (κ1) is 14.3. The number of aromatic nitrogens is 3. The van der Waals surface area contributed by atoms with Crippen LogP contribution in [0.3, 0.4) is 0 Å². The summed E-state index contributed by atoms with van der Waals surface area (Å²) in [7, 11) is 0. The summed E-state index contributed by atoms with van der Waals surface area (Å²) in [5.41, 5.74) is 0. The van der Waals surface area contributed by atoms with Crippen molar-refractivity contribution in [2.24, 2.45) is 0 Å². The lowest BCUT2D eigenvalue weighted by Crippen LogP contribution is -2.43. The van der Waals surface area contributed by atoms with Crippen molar-refractivity contribution < 1.29 is 14.6 Å². The van der Waals surface area contributed by atoms with Gasteiger partial charge in [0.25, 0.3) is 0 Å². The minimum atomic E-state index is -0.856. The molecule has 2 heterocycles. The van der Waals surface area contributed by atoms with Gasteiger partial charge in [-0.1, -0.05) is 18.7 Å². The van der Waals surface area contributed by atoms with Crippen molar-refractivity contribution >= 4 is 17.7 Å². The van der Waals surface area contributed by atoms with E-state index in [1.165, 1.54) is 11.8 Å². The zero-order chi connectivity index (χ0) is 13.7. The number of ether oxygens (including phenoxy) is 1. The third-order valence-electron chi connectivity index (χ3n) is 2.98. The topological polar surface area (TPSA) is 80.5 Å². The third-order valence-corrected chi connectivity index (χ3v) is 3.94. The van der Waals surface area contributed by atoms with Crippen LogP contribution in [0.2, 0.25) is 0 Å². The molecule has 0 bridgehead atoms. The van der Waals surface area contributed by atoms with E-state index in [0.29, 0.717) is 11.7 Å². The molecule has 1 unspecified atom stereocenters. The maximum absolute atomic E-state index is 10.6. The monoisotopic (exact) mass is 286 g/mol. The van der Waals surface area contributed by atoms with E-state index < -0.39 is 5.97 Å². The molecule has 8 heteroatoms. The number of hydrogen-bond acceptors (Lipinski definition) is 6. The van der Waals surface area contributed by atoms with Crippen molar-refractivity contribution in [3.8, 4) is 0 Å². The van der Waals surface area contributed by atoms with Gasteiger partial charge in [-0.15, -0.1) is 10.2 Å². The molecule has 1 aliphatic rings. The van der Waals surface area contributed by atoms with Gasteiger partial charge in [-0.3, -0.25) is 9.69 Å². The Balaban J connectivity index is 1.91. The van der Waals surface area contributed by atoms with Gasteiger partial charge in [0, 0.05) is 13.1 Å². The Morgan fingerprint density at radius 3 is 3.26 bits per heavy atom. The number of aliphatic carboxylic acids is 1. The fraction of sp³-hybridized carbons (Fsp3) is 0.727. The summed E-state index contributed by atoms with van der Waals surface area (Å²) in [5.74, 6) is -0.865. The molecule has 0 aliphatic carbocycles. The highest BCUT2D eigenvalue weighted by Crippen LogP contribution is 2.16. The van der Waals surface area contributed by atoms with Gasteiger partial charge < -0.3 is 14.4 Å². The van der Waals surface area contributed by atoms with Gasteiger partial charge in [-0.2, -0.15) is 0 Å². The van der Waals surface area contributed by atoms with Crippen LogP contribution in [0, 0.1) is 0 Å². The molecule has 0 spiro atoms. The number of nitrogens with zero attached hydrogens (tertiary/aromatic N) is 4. The molecule has 1 fully saturated rings. The molecule has 1 aliphatic heterocycles. The van der Waals surface area contributed by atoms with Gasteiger partial charge >= 0.3 is 5.97 Å². The van der Waals surface area contributed by atoms with E-state index in [1.54, 1.807) is 6.33 Å². The van der Waals surface area contributed by atoms with E-state index in [9.17, 15) is 4.79 Å². The Bertz CT molecular complexity index is 426. The minimum absolute atomic E-state index is 0.00863. The summed E-state index contributed by atoms with van der Waals surface area (Å²) < 4.78 is 7.58. The molecule has 2 rings (SSSR count). The molecule has 0 radical (unpaired) electrons. The van der Waals surface area contributed by atoms with E-state index in [4.69, 9.17) is 9.84 Å². The fourth-order valence-electron chi connectivity index (χ4n) is 2.01. The second-order valence-electron chi connectivity index (χ2n) is 4.33. The van der Waals surface area contributed by atoms with Crippen LogP contribution in [0.4, 0.5) is 0 Å². The highest BCUT2D eigenvalue weighted by Gasteiger charge is 2.21. The smallest absolute Gasteiger partial charge is 0.313 e. The molecule has 1 N–H and O–H groups in total. The number of rotatable bonds is 6. The molecule has 19 heavy (non-hydrogen) atoms. The van der Waals surface area contributed by atoms with Crippen molar-refractivity contribution in [3.05, 3.63) is 6.33 Å². The van der Waals surface area contributed by atoms with Gasteiger partial charge in [0.2, 0.25) is 0 Å². The molecule has 1 saturated heterocycles. The molecule has 1 atom stereocenters. The lowest BCUT2D eigenvalue weighted by molar-refractivity contribution is -0.133. The predicted octanol–water partition coefficient (Wildman–Crippen LogP) is 0.175. The Kier molecular flexibility index (Phi) is 5.17. The molecule has 0 aromatic carbocycles. The number of hydrogen-bond donors (Lipinski definition) is 1. The van der Waals surface area contributed by atoms with Crippen molar-refractivity contribution in [3.63, 3.8) is 0 Å². The summed E-state index contributed by atoms with van der Waals surface area (Å²) in [4.78, 5) is 12.9. The first-order valence-electron chi connectivity index (χ1n) is 6.25. The Morgan fingerprint density at radius 1 is 1.68 bits per heavy atom. The molecule has 0 amide bonds. The fourth-order valence-corrected chi connectivity index (χ4v) is 2.65. The van der Waals surface area contributed by atoms with Crippen LogP contribution in [0.25, 0.3) is 0 Å². The van der Waals surface area contributed by atoms with E-state index in [0.717, 1.165) is 26.2 Å². The Labute approximate surface area is 115 Å². The number of thioether (sulfide) groups is 1. The number of morpholine rings is 1. The van der Waals surface area contributed by atoms with Gasteiger partial charge in [0.1, 0.15) is 6.33 Å². The van der Waals surface area contributed by atoms with Crippen LogP contribution >= 0.6 is 11.8 Å². The quantitative estimate of drug-likeness (QED) is 0.747. The van der Waals surface area contributed by atoms with Crippen LogP contribution < -0.4 is 0 Å². The van der Waals surface area contributed by atoms with E-state index in [-0.39, 0.29) is 11.9 Å². The van der Waals surface area contributed by atoms with Crippen molar-refractivity contribution in [1.82, 2.24) is 19.7 Å². The van der Waals surface area contributed by atoms with Crippen molar-refractivity contribution in [2.45, 2.75) is 24.7 Å². The van der Waals surface area contributed by atoms with E-state index >= 15 is 0 Å². The molecular weight excluding hydrogens is 268 g/mol. The Morgan fingerprint density at radius 2 is 2.53 bits per heavy atom. The second kappa shape index (κ2) is 6.88. The second-order valence-corrected chi connectivity index (χ2v) is 5.28. The molecule has 1 aromatic heterocycles. The molecule has 0 saturated carbocycles. The average Bonchev–Trinajstić information content (AvgIpc) is 2.84. The van der Waals surface area contributed by atoms with Crippen LogP contribution in [0.5, 0.6) is 0 Å². The Hall–Kier alpha value is -1.12. The normalized spacial score (nSPS) is 20.6. The van der Waals surface area contributed by atoms with Crippen LogP contribution in [0.15, 0.2) is 11.5 Å². The summed E-state index contributed by atoms with van der Waals surface area (Å²) in [6.07, 6.45) is 1.73. The lowest BCUT2D eigenvalue weighted by atomic mass is 10.2. The number of carboxylic acid groups (broad SMARTS) is 1.